The molecule has 0 saturated carbocycles. The van der Waals surface area contributed by atoms with Gasteiger partial charge in [-0.25, -0.2) is 9.37 Å². The average molecular weight is 631 g/mol. The third kappa shape index (κ3) is 7.02. The summed E-state index contributed by atoms with van der Waals surface area (Å²) in [6, 6.07) is 14.6. The van der Waals surface area contributed by atoms with E-state index in [-0.39, 0.29) is 5.56 Å². The molecule has 1 fully saturated rings. The maximum absolute atomic E-state index is 15.2. The Hall–Kier alpha value is -5.49. The number of nitrogens with zero attached hydrogens (tertiary/aromatic N) is 6. The van der Waals surface area contributed by atoms with Crippen molar-refractivity contribution in [1.29, 1.82) is 5.26 Å². The van der Waals surface area contributed by atoms with Crippen LogP contribution in [0.15, 0.2) is 67.3 Å². The number of imidazole rings is 1. The van der Waals surface area contributed by atoms with Gasteiger partial charge in [0.1, 0.15) is 11.5 Å². The van der Waals surface area contributed by atoms with Crippen molar-refractivity contribution in [2.75, 3.05) is 36.9 Å². The smallest absolute Gasteiger partial charge is 0.258 e. The molecule has 0 radical (unpaired) electrons. The molecule has 0 unspecified atom stereocenters. The number of halogens is 1. The standard InChI is InChI=1S/C36H35FN8O2/c1-24-14-32(37)31(35(46)42-28-16-25(21-44-10-12-47-13-11-44)15-27(18-28)36(2,3)23-38)17-26(24)7-8-30-20-39-34-33(6-5-9-45(30)34)41-29-19-40-43(4)22-29/h5-6,9,14-20,22,41H,10-13,21H2,1-4H3,(H,42,46). The summed E-state index contributed by atoms with van der Waals surface area (Å²) in [6.45, 7) is 8.97. The Morgan fingerprint density at radius 1 is 1.11 bits per heavy atom. The number of ether oxygens (including phenoxy) is 1. The van der Waals surface area contributed by atoms with E-state index in [9.17, 15) is 10.1 Å². The average Bonchev–Trinajstić information content (AvgIpc) is 3.67. The first-order valence-corrected chi connectivity index (χ1v) is 15.3. The summed E-state index contributed by atoms with van der Waals surface area (Å²) in [5, 5.41) is 20.2. The minimum absolute atomic E-state index is 0.124. The van der Waals surface area contributed by atoms with Crippen LogP contribution in [-0.4, -0.2) is 56.3 Å². The van der Waals surface area contributed by atoms with Crippen LogP contribution >= 0.6 is 0 Å². The summed E-state index contributed by atoms with van der Waals surface area (Å²) >= 11 is 0. The predicted octanol–water partition coefficient (Wildman–Crippen LogP) is 5.54. The molecule has 2 aromatic carbocycles. The number of hydrogen-bond donors (Lipinski definition) is 2. The summed E-state index contributed by atoms with van der Waals surface area (Å²) in [6.07, 6.45) is 7.14. The predicted molar refractivity (Wildman–Crippen MR) is 178 cm³/mol. The van der Waals surface area contributed by atoms with E-state index in [1.165, 1.54) is 12.1 Å². The number of fused-ring (bicyclic) bond motifs is 1. The molecule has 6 rings (SSSR count). The summed E-state index contributed by atoms with van der Waals surface area (Å²) < 4.78 is 24.3. The molecular weight excluding hydrogens is 595 g/mol. The van der Waals surface area contributed by atoms with E-state index in [4.69, 9.17) is 4.74 Å². The molecule has 0 bridgehead atoms. The van der Waals surface area contributed by atoms with Gasteiger partial charge in [-0.15, -0.1) is 0 Å². The Kier molecular flexibility index (Phi) is 8.77. The molecule has 10 nitrogen and oxygen atoms in total. The van der Waals surface area contributed by atoms with Gasteiger partial charge < -0.3 is 15.4 Å². The molecule has 0 spiro atoms. The SMILES string of the molecule is Cc1cc(F)c(C(=O)Nc2cc(CN3CCOCC3)cc(C(C)(C)C#N)c2)cc1C#Cc1cnc2c(Nc3cnn(C)c3)cccn12. The molecule has 0 atom stereocenters. The first-order valence-electron chi connectivity index (χ1n) is 15.3. The van der Waals surface area contributed by atoms with Crippen molar-refractivity contribution >= 4 is 28.6 Å². The van der Waals surface area contributed by atoms with Crippen LogP contribution in [0, 0.1) is 35.9 Å². The number of hydrogen-bond acceptors (Lipinski definition) is 7. The number of morpholine rings is 1. The minimum Gasteiger partial charge on any atom is -0.379 e. The van der Waals surface area contributed by atoms with Crippen molar-refractivity contribution in [3.63, 3.8) is 0 Å². The fourth-order valence-electron chi connectivity index (χ4n) is 5.45. The van der Waals surface area contributed by atoms with Crippen molar-refractivity contribution in [3.8, 4) is 17.9 Å². The highest BCUT2D eigenvalue weighted by molar-refractivity contribution is 6.05. The van der Waals surface area contributed by atoms with Crippen molar-refractivity contribution in [2.45, 2.75) is 32.7 Å². The van der Waals surface area contributed by atoms with Gasteiger partial charge in [0.15, 0.2) is 5.65 Å². The maximum Gasteiger partial charge on any atom is 0.258 e. The molecule has 1 saturated heterocycles. The second-order valence-corrected chi connectivity index (χ2v) is 12.2. The van der Waals surface area contributed by atoms with Gasteiger partial charge in [0, 0.05) is 50.3 Å². The van der Waals surface area contributed by atoms with E-state index < -0.39 is 17.1 Å². The molecule has 1 aliphatic rings. The number of benzene rings is 2. The van der Waals surface area contributed by atoms with E-state index in [0.29, 0.717) is 47.9 Å². The highest BCUT2D eigenvalue weighted by Crippen LogP contribution is 2.28. The lowest BCUT2D eigenvalue weighted by Crippen LogP contribution is -2.35. The van der Waals surface area contributed by atoms with E-state index in [1.807, 2.05) is 62.0 Å². The zero-order valence-electron chi connectivity index (χ0n) is 26.8. The van der Waals surface area contributed by atoms with Crippen LogP contribution in [0.3, 0.4) is 0 Å². The van der Waals surface area contributed by atoms with Crippen LogP contribution in [0.5, 0.6) is 0 Å². The number of aromatic nitrogens is 4. The van der Waals surface area contributed by atoms with Gasteiger partial charge in [-0.2, -0.15) is 10.4 Å². The number of nitrogens with one attached hydrogen (secondary N) is 2. The van der Waals surface area contributed by atoms with Gasteiger partial charge in [-0.3, -0.25) is 18.8 Å². The zero-order valence-corrected chi connectivity index (χ0v) is 26.8. The quantitative estimate of drug-likeness (QED) is 0.227. The largest absolute Gasteiger partial charge is 0.379 e. The third-order valence-electron chi connectivity index (χ3n) is 8.17. The van der Waals surface area contributed by atoms with Crippen LogP contribution < -0.4 is 10.6 Å². The van der Waals surface area contributed by atoms with Crippen LogP contribution in [0.25, 0.3) is 5.65 Å². The van der Waals surface area contributed by atoms with Crippen molar-refractivity contribution in [2.24, 2.45) is 7.05 Å². The van der Waals surface area contributed by atoms with Gasteiger partial charge in [-0.1, -0.05) is 12.0 Å². The molecule has 11 heteroatoms. The summed E-state index contributed by atoms with van der Waals surface area (Å²) in [7, 11) is 1.85. The third-order valence-corrected chi connectivity index (χ3v) is 8.17. The second-order valence-electron chi connectivity index (χ2n) is 12.2. The number of carbonyl (C=O) groups excluding carboxylic acids is 1. The fourth-order valence-corrected chi connectivity index (χ4v) is 5.45. The van der Waals surface area contributed by atoms with Crippen LogP contribution in [0.2, 0.25) is 0 Å². The van der Waals surface area contributed by atoms with Gasteiger partial charge >= 0.3 is 0 Å². The number of pyridine rings is 1. The van der Waals surface area contributed by atoms with E-state index in [0.717, 1.165) is 35.6 Å². The van der Waals surface area contributed by atoms with Crippen LogP contribution in [-0.2, 0) is 23.7 Å². The Bertz CT molecular complexity index is 2070. The van der Waals surface area contributed by atoms with Gasteiger partial charge in [0.05, 0.1) is 54.0 Å². The van der Waals surface area contributed by atoms with E-state index in [1.54, 1.807) is 30.1 Å². The molecule has 47 heavy (non-hydrogen) atoms. The maximum atomic E-state index is 15.2. The molecule has 2 N–H and O–H groups in total. The van der Waals surface area contributed by atoms with E-state index in [2.05, 4.69) is 43.5 Å². The molecule has 1 amide bonds. The molecule has 5 aromatic rings. The first kappa shape index (κ1) is 31.5. The second kappa shape index (κ2) is 13.1. The topological polar surface area (TPSA) is 113 Å². The van der Waals surface area contributed by atoms with Gasteiger partial charge in [0.25, 0.3) is 5.91 Å². The fraction of sp³-hybridized carbons (Fsp3) is 0.278. The zero-order chi connectivity index (χ0) is 33.1. The molecule has 3 aromatic heterocycles. The molecule has 238 valence electrons. The lowest BCUT2D eigenvalue weighted by molar-refractivity contribution is 0.0342. The van der Waals surface area contributed by atoms with E-state index >= 15 is 4.39 Å². The number of anilines is 3. The van der Waals surface area contributed by atoms with Crippen molar-refractivity contribution in [3.05, 3.63) is 107 Å². The summed E-state index contributed by atoms with van der Waals surface area (Å²) in [5.41, 5.74) is 5.36. The lowest BCUT2D eigenvalue weighted by Gasteiger charge is -2.27. The minimum atomic E-state index is -0.786. The van der Waals surface area contributed by atoms with Crippen molar-refractivity contribution < 1.29 is 13.9 Å². The first-order chi connectivity index (χ1) is 22.6. The molecule has 0 aliphatic carbocycles. The van der Waals surface area contributed by atoms with Crippen LogP contribution in [0.1, 0.15) is 52.2 Å². The Balaban J connectivity index is 1.27. The molecular formula is C36H35FN8O2. The lowest BCUT2D eigenvalue weighted by atomic mass is 9.85. The Morgan fingerprint density at radius 3 is 2.66 bits per heavy atom. The van der Waals surface area contributed by atoms with Gasteiger partial charge in [0.2, 0.25) is 0 Å². The number of nitriles is 1. The summed E-state index contributed by atoms with van der Waals surface area (Å²) in [5.74, 6) is 5.01. The number of amides is 1. The summed E-state index contributed by atoms with van der Waals surface area (Å²) in [4.78, 5) is 20.3. The van der Waals surface area contributed by atoms with Crippen LogP contribution in [0.4, 0.5) is 21.5 Å². The number of carbonyl (C=O) groups is 1. The van der Waals surface area contributed by atoms with Crippen molar-refractivity contribution in [1.82, 2.24) is 24.1 Å². The Labute approximate surface area is 272 Å². The number of rotatable bonds is 7. The monoisotopic (exact) mass is 630 g/mol. The molecule has 1 aliphatic heterocycles. The highest BCUT2D eigenvalue weighted by atomic mass is 19.1. The number of aryl methyl sites for hydroxylation is 2. The van der Waals surface area contributed by atoms with Gasteiger partial charge in [-0.05, 0) is 79.8 Å². The molecule has 4 heterocycles. The highest BCUT2D eigenvalue weighted by Gasteiger charge is 2.23. The Morgan fingerprint density at radius 2 is 1.91 bits per heavy atom. The normalized spacial score (nSPS) is 13.5.